The van der Waals surface area contributed by atoms with E-state index in [0.717, 1.165) is 37.9 Å². The van der Waals surface area contributed by atoms with Crippen LogP contribution >= 0.6 is 15.9 Å². The van der Waals surface area contributed by atoms with Crippen LogP contribution in [0.4, 0.5) is 5.69 Å². The van der Waals surface area contributed by atoms with Gasteiger partial charge in [0, 0.05) is 27.3 Å². The Morgan fingerprint density at radius 3 is 2.47 bits per heavy atom. The quantitative estimate of drug-likeness (QED) is 0.333. The molecule has 1 aliphatic rings. The Hall–Kier alpha value is -3.50. The molecule has 4 heteroatoms. The first kappa shape index (κ1) is 18.5. The summed E-state index contributed by atoms with van der Waals surface area (Å²) >= 11 is 3.46. The molecule has 5 rings (SSSR count). The number of hydrogen-bond donors (Lipinski definition) is 0. The third-order valence-electron chi connectivity index (χ3n) is 5.09. The van der Waals surface area contributed by atoms with Gasteiger partial charge in [-0.05, 0) is 59.7 Å². The lowest BCUT2D eigenvalue weighted by molar-refractivity contribution is -0.113. The van der Waals surface area contributed by atoms with Crippen LogP contribution in [0.15, 0.2) is 107 Å². The molecule has 1 aliphatic heterocycles. The Morgan fingerprint density at radius 1 is 0.867 bits per heavy atom. The first-order chi connectivity index (χ1) is 14.7. The standard InChI is InChI=1S/C26H17BrN2O/c27-22-10-8-18(9-11-22)15-21-17-25(19-5-2-1-3-6-19)29(26(21)30)23-12-13-24-20(16-23)7-4-14-28-24/h1-17H/b21-15-. The summed E-state index contributed by atoms with van der Waals surface area (Å²) in [5, 5.41) is 1.00. The second-order valence-corrected chi connectivity index (χ2v) is 7.98. The predicted molar refractivity (Wildman–Crippen MR) is 126 cm³/mol. The third kappa shape index (κ3) is 3.46. The van der Waals surface area contributed by atoms with Crippen molar-refractivity contribution >= 4 is 50.2 Å². The molecule has 0 fully saturated rings. The molecule has 0 saturated carbocycles. The molecule has 0 unspecified atom stereocenters. The van der Waals surface area contributed by atoms with E-state index < -0.39 is 0 Å². The molecule has 4 aromatic rings. The van der Waals surface area contributed by atoms with E-state index in [1.807, 2.05) is 97.1 Å². The highest BCUT2D eigenvalue weighted by atomic mass is 79.9. The molecule has 0 spiro atoms. The number of benzene rings is 3. The second kappa shape index (κ2) is 7.73. The van der Waals surface area contributed by atoms with Gasteiger partial charge in [0.15, 0.2) is 0 Å². The van der Waals surface area contributed by atoms with Gasteiger partial charge in [-0.25, -0.2) is 0 Å². The fraction of sp³-hybridized carbons (Fsp3) is 0. The highest BCUT2D eigenvalue weighted by molar-refractivity contribution is 9.10. The second-order valence-electron chi connectivity index (χ2n) is 7.07. The summed E-state index contributed by atoms with van der Waals surface area (Å²) in [5.74, 6) is -0.0417. The number of anilines is 1. The van der Waals surface area contributed by atoms with Crippen molar-refractivity contribution in [1.29, 1.82) is 0 Å². The minimum Gasteiger partial charge on any atom is -0.276 e. The zero-order valence-electron chi connectivity index (χ0n) is 16.0. The zero-order chi connectivity index (χ0) is 20.5. The summed E-state index contributed by atoms with van der Waals surface area (Å²) < 4.78 is 1.01. The van der Waals surface area contributed by atoms with E-state index in [2.05, 4.69) is 20.9 Å². The number of amides is 1. The van der Waals surface area contributed by atoms with Crippen molar-refractivity contribution < 1.29 is 4.79 Å². The zero-order valence-corrected chi connectivity index (χ0v) is 17.6. The van der Waals surface area contributed by atoms with Crippen molar-refractivity contribution in [3.63, 3.8) is 0 Å². The van der Waals surface area contributed by atoms with Gasteiger partial charge in [-0.15, -0.1) is 0 Å². The van der Waals surface area contributed by atoms with Crippen molar-refractivity contribution in [1.82, 2.24) is 4.98 Å². The first-order valence-corrected chi connectivity index (χ1v) is 10.4. The maximum absolute atomic E-state index is 13.5. The summed E-state index contributed by atoms with van der Waals surface area (Å²) in [5.41, 5.74) is 5.24. The van der Waals surface area contributed by atoms with E-state index in [9.17, 15) is 4.79 Å². The van der Waals surface area contributed by atoms with Crippen LogP contribution in [0, 0.1) is 0 Å². The molecule has 1 amide bonds. The van der Waals surface area contributed by atoms with Gasteiger partial charge in [0.2, 0.25) is 0 Å². The number of halogens is 1. The Bertz CT molecular complexity index is 1310. The molecule has 30 heavy (non-hydrogen) atoms. The molecule has 3 aromatic carbocycles. The van der Waals surface area contributed by atoms with E-state index in [4.69, 9.17) is 0 Å². The minimum absolute atomic E-state index is 0.0417. The Balaban J connectivity index is 1.63. The predicted octanol–water partition coefficient (Wildman–Crippen LogP) is 6.47. The molecule has 0 bridgehead atoms. The van der Waals surface area contributed by atoms with Crippen molar-refractivity contribution in [3.05, 3.63) is 118 Å². The highest BCUT2D eigenvalue weighted by Gasteiger charge is 2.30. The Morgan fingerprint density at radius 2 is 1.67 bits per heavy atom. The van der Waals surface area contributed by atoms with E-state index >= 15 is 0 Å². The molecule has 0 atom stereocenters. The molecule has 0 N–H and O–H groups in total. The minimum atomic E-state index is -0.0417. The number of carbonyl (C=O) groups excluding carboxylic acids is 1. The van der Waals surface area contributed by atoms with Gasteiger partial charge in [-0.3, -0.25) is 14.7 Å². The molecular weight excluding hydrogens is 436 g/mol. The highest BCUT2D eigenvalue weighted by Crippen LogP contribution is 2.36. The monoisotopic (exact) mass is 452 g/mol. The maximum Gasteiger partial charge on any atom is 0.262 e. The van der Waals surface area contributed by atoms with Crippen molar-refractivity contribution in [2.45, 2.75) is 0 Å². The number of pyridine rings is 1. The van der Waals surface area contributed by atoms with Gasteiger partial charge in [-0.1, -0.05) is 64.5 Å². The van der Waals surface area contributed by atoms with Gasteiger partial charge < -0.3 is 0 Å². The fourth-order valence-electron chi connectivity index (χ4n) is 3.63. The van der Waals surface area contributed by atoms with Crippen LogP contribution in [0.25, 0.3) is 22.7 Å². The molecule has 0 radical (unpaired) electrons. The van der Waals surface area contributed by atoms with E-state index in [0.29, 0.717) is 5.57 Å². The summed E-state index contributed by atoms with van der Waals surface area (Å²) in [7, 11) is 0. The Kier molecular flexibility index (Phi) is 4.77. The van der Waals surface area contributed by atoms with Crippen LogP contribution < -0.4 is 4.90 Å². The number of hydrogen-bond acceptors (Lipinski definition) is 2. The average Bonchev–Trinajstić information content (AvgIpc) is 3.11. The van der Waals surface area contributed by atoms with Gasteiger partial charge in [-0.2, -0.15) is 0 Å². The summed E-state index contributed by atoms with van der Waals surface area (Å²) in [6.45, 7) is 0. The fourth-order valence-corrected chi connectivity index (χ4v) is 3.90. The van der Waals surface area contributed by atoms with E-state index in [1.165, 1.54) is 0 Å². The number of fused-ring (bicyclic) bond motifs is 1. The van der Waals surface area contributed by atoms with Gasteiger partial charge >= 0.3 is 0 Å². The topological polar surface area (TPSA) is 33.2 Å². The third-order valence-corrected chi connectivity index (χ3v) is 5.62. The van der Waals surface area contributed by atoms with Crippen LogP contribution in [0.3, 0.4) is 0 Å². The lowest BCUT2D eigenvalue weighted by Gasteiger charge is -2.21. The first-order valence-electron chi connectivity index (χ1n) is 9.63. The Labute approximate surface area is 183 Å². The van der Waals surface area contributed by atoms with Crippen LogP contribution in [0.1, 0.15) is 11.1 Å². The van der Waals surface area contributed by atoms with Gasteiger partial charge in [0.1, 0.15) is 0 Å². The smallest absolute Gasteiger partial charge is 0.262 e. The summed E-state index contributed by atoms with van der Waals surface area (Å²) in [4.78, 5) is 19.7. The van der Waals surface area contributed by atoms with Crippen LogP contribution in [-0.4, -0.2) is 10.9 Å². The van der Waals surface area contributed by atoms with Crippen LogP contribution in [0.2, 0.25) is 0 Å². The normalized spacial score (nSPS) is 15.1. The van der Waals surface area contributed by atoms with Crippen molar-refractivity contribution in [2.24, 2.45) is 0 Å². The van der Waals surface area contributed by atoms with Crippen molar-refractivity contribution in [2.75, 3.05) is 4.90 Å². The van der Waals surface area contributed by atoms with Gasteiger partial charge in [0.05, 0.1) is 11.2 Å². The van der Waals surface area contributed by atoms with E-state index in [1.54, 1.807) is 11.1 Å². The molecule has 1 aromatic heterocycles. The molecule has 3 nitrogen and oxygen atoms in total. The summed E-state index contributed by atoms with van der Waals surface area (Å²) in [6.07, 6.45) is 5.67. The number of aromatic nitrogens is 1. The molecule has 0 saturated heterocycles. The average molecular weight is 453 g/mol. The van der Waals surface area contributed by atoms with Crippen LogP contribution in [0.5, 0.6) is 0 Å². The van der Waals surface area contributed by atoms with E-state index in [-0.39, 0.29) is 5.91 Å². The summed E-state index contributed by atoms with van der Waals surface area (Å²) in [6, 6.07) is 27.8. The lowest BCUT2D eigenvalue weighted by Crippen LogP contribution is -2.24. The van der Waals surface area contributed by atoms with Crippen molar-refractivity contribution in [3.8, 4) is 0 Å². The molecule has 144 valence electrons. The molecule has 0 aliphatic carbocycles. The maximum atomic E-state index is 13.5. The SMILES string of the molecule is O=C1/C(=C\c2ccc(Br)cc2)C=C(c2ccccc2)N1c1ccc2ncccc2c1. The number of rotatable bonds is 3. The largest absolute Gasteiger partial charge is 0.276 e. The lowest BCUT2D eigenvalue weighted by atomic mass is 10.1. The van der Waals surface area contributed by atoms with Crippen LogP contribution in [-0.2, 0) is 4.79 Å². The molecule has 2 heterocycles. The molecular formula is C26H17BrN2O. The van der Waals surface area contributed by atoms with Gasteiger partial charge in [0.25, 0.3) is 5.91 Å². The number of nitrogens with zero attached hydrogens (tertiary/aromatic N) is 2. The number of carbonyl (C=O) groups is 1.